The molecule has 6 heteroatoms. The lowest BCUT2D eigenvalue weighted by Gasteiger charge is -2.14. The minimum atomic E-state index is -0.373. The number of hydrogen-bond donors (Lipinski definition) is 1. The van der Waals surface area contributed by atoms with E-state index in [4.69, 9.17) is 4.74 Å². The van der Waals surface area contributed by atoms with Gasteiger partial charge in [0.15, 0.2) is 5.78 Å². The molecule has 0 atom stereocenters. The van der Waals surface area contributed by atoms with Crippen molar-refractivity contribution in [3.05, 3.63) is 106 Å². The zero-order chi connectivity index (χ0) is 22.5. The van der Waals surface area contributed by atoms with Crippen molar-refractivity contribution < 1.29 is 14.3 Å². The van der Waals surface area contributed by atoms with Crippen LogP contribution < -0.4 is 15.5 Å². The van der Waals surface area contributed by atoms with Crippen LogP contribution in [0, 0.1) is 0 Å². The SMILES string of the molecule is CCOc1ccc(NC(=O)Cn2cc(C(=O)c3ccccc3)c(=O)c3ccccc32)cc1. The molecule has 160 valence electrons. The number of rotatable bonds is 7. The summed E-state index contributed by atoms with van der Waals surface area (Å²) in [6.07, 6.45) is 1.47. The normalized spacial score (nSPS) is 10.7. The van der Waals surface area contributed by atoms with E-state index in [1.807, 2.05) is 6.92 Å². The van der Waals surface area contributed by atoms with E-state index in [2.05, 4.69) is 5.32 Å². The van der Waals surface area contributed by atoms with Crippen LogP contribution >= 0.6 is 0 Å². The van der Waals surface area contributed by atoms with Gasteiger partial charge in [0, 0.05) is 22.8 Å². The van der Waals surface area contributed by atoms with E-state index < -0.39 is 0 Å². The molecule has 0 bridgehead atoms. The Hall–Kier alpha value is -4.19. The average Bonchev–Trinajstić information content (AvgIpc) is 2.82. The van der Waals surface area contributed by atoms with Crippen LogP contribution in [0.4, 0.5) is 5.69 Å². The first kappa shape index (κ1) is 21.1. The Labute approximate surface area is 185 Å². The second-order valence-electron chi connectivity index (χ2n) is 7.22. The summed E-state index contributed by atoms with van der Waals surface area (Å²) in [5.41, 5.74) is 1.32. The van der Waals surface area contributed by atoms with Gasteiger partial charge >= 0.3 is 0 Å². The van der Waals surface area contributed by atoms with Gasteiger partial charge in [-0.3, -0.25) is 14.4 Å². The van der Waals surface area contributed by atoms with E-state index in [1.165, 1.54) is 6.20 Å². The maximum atomic E-state index is 13.0. The molecular weight excluding hydrogens is 404 g/mol. The minimum absolute atomic E-state index is 0.0313. The van der Waals surface area contributed by atoms with Crippen molar-refractivity contribution in [3.63, 3.8) is 0 Å². The van der Waals surface area contributed by atoms with Crippen LogP contribution in [0.3, 0.4) is 0 Å². The molecule has 4 aromatic rings. The van der Waals surface area contributed by atoms with Gasteiger partial charge in [0.25, 0.3) is 0 Å². The molecule has 32 heavy (non-hydrogen) atoms. The highest BCUT2D eigenvalue weighted by molar-refractivity contribution is 6.10. The Kier molecular flexibility index (Phi) is 6.12. The zero-order valence-corrected chi connectivity index (χ0v) is 17.6. The third-order valence-corrected chi connectivity index (χ3v) is 5.03. The molecule has 0 spiro atoms. The third kappa shape index (κ3) is 4.44. The van der Waals surface area contributed by atoms with Crippen LogP contribution in [-0.4, -0.2) is 22.9 Å². The van der Waals surface area contributed by atoms with Crippen molar-refractivity contribution in [1.29, 1.82) is 0 Å². The molecule has 0 saturated heterocycles. The monoisotopic (exact) mass is 426 g/mol. The lowest BCUT2D eigenvalue weighted by molar-refractivity contribution is -0.116. The number of nitrogens with zero attached hydrogens (tertiary/aromatic N) is 1. The predicted octanol–water partition coefficient (Wildman–Crippen LogP) is 4.27. The van der Waals surface area contributed by atoms with Gasteiger partial charge < -0.3 is 14.6 Å². The van der Waals surface area contributed by atoms with Gasteiger partial charge in [-0.2, -0.15) is 0 Å². The Morgan fingerprint density at radius 1 is 0.906 bits per heavy atom. The van der Waals surface area contributed by atoms with Crippen LogP contribution in [-0.2, 0) is 11.3 Å². The van der Waals surface area contributed by atoms with Gasteiger partial charge in [-0.25, -0.2) is 0 Å². The summed E-state index contributed by atoms with van der Waals surface area (Å²) in [7, 11) is 0. The summed E-state index contributed by atoms with van der Waals surface area (Å²) in [5, 5.41) is 3.23. The highest BCUT2D eigenvalue weighted by atomic mass is 16.5. The van der Waals surface area contributed by atoms with E-state index >= 15 is 0 Å². The lowest BCUT2D eigenvalue weighted by Crippen LogP contribution is -2.24. The first-order chi connectivity index (χ1) is 15.6. The number of carbonyl (C=O) groups is 2. The number of ketones is 1. The maximum Gasteiger partial charge on any atom is 0.244 e. The number of anilines is 1. The van der Waals surface area contributed by atoms with Crippen molar-refractivity contribution in [3.8, 4) is 5.75 Å². The van der Waals surface area contributed by atoms with Gasteiger partial charge in [-0.05, 0) is 43.3 Å². The number of para-hydroxylation sites is 1. The molecule has 0 radical (unpaired) electrons. The van der Waals surface area contributed by atoms with Crippen molar-refractivity contribution in [2.24, 2.45) is 0 Å². The van der Waals surface area contributed by atoms with E-state index in [0.717, 1.165) is 5.75 Å². The van der Waals surface area contributed by atoms with Crippen LogP contribution in [0.15, 0.2) is 89.9 Å². The number of fused-ring (bicyclic) bond motifs is 1. The quantitative estimate of drug-likeness (QED) is 0.448. The fourth-order valence-corrected chi connectivity index (χ4v) is 3.54. The summed E-state index contributed by atoms with van der Waals surface area (Å²) >= 11 is 0. The fourth-order valence-electron chi connectivity index (χ4n) is 3.54. The highest BCUT2D eigenvalue weighted by Crippen LogP contribution is 2.17. The summed E-state index contributed by atoms with van der Waals surface area (Å²) in [5.74, 6) is 0.0732. The number of ether oxygens (including phenoxy) is 1. The van der Waals surface area contributed by atoms with Crippen molar-refractivity contribution in [1.82, 2.24) is 4.57 Å². The highest BCUT2D eigenvalue weighted by Gasteiger charge is 2.18. The topological polar surface area (TPSA) is 77.4 Å². The first-order valence-corrected chi connectivity index (χ1v) is 10.3. The molecule has 0 saturated carbocycles. The van der Waals surface area contributed by atoms with Gasteiger partial charge in [0.05, 0.1) is 17.7 Å². The standard InChI is InChI=1S/C26H22N2O4/c1-2-32-20-14-12-19(13-15-20)27-24(29)17-28-16-22(25(30)18-8-4-3-5-9-18)26(31)21-10-6-7-11-23(21)28/h3-16H,2,17H2,1H3,(H,27,29). The Balaban J connectivity index is 1.66. The molecule has 1 heterocycles. The Bertz CT molecular complexity index is 1330. The molecule has 0 aliphatic heterocycles. The maximum absolute atomic E-state index is 13.0. The van der Waals surface area contributed by atoms with E-state index in [0.29, 0.717) is 28.8 Å². The number of carbonyl (C=O) groups excluding carboxylic acids is 2. The molecule has 1 amide bonds. The van der Waals surface area contributed by atoms with Crippen LogP contribution in [0.2, 0.25) is 0 Å². The lowest BCUT2D eigenvalue weighted by atomic mass is 10.0. The largest absolute Gasteiger partial charge is 0.494 e. The number of hydrogen-bond acceptors (Lipinski definition) is 4. The minimum Gasteiger partial charge on any atom is -0.494 e. The molecule has 0 aliphatic carbocycles. The van der Waals surface area contributed by atoms with E-state index in [9.17, 15) is 14.4 Å². The fraction of sp³-hybridized carbons (Fsp3) is 0.115. The summed E-state index contributed by atoms with van der Waals surface area (Å²) in [6.45, 7) is 2.42. The van der Waals surface area contributed by atoms with E-state index in [1.54, 1.807) is 83.4 Å². The first-order valence-electron chi connectivity index (χ1n) is 10.3. The van der Waals surface area contributed by atoms with Gasteiger partial charge in [0.2, 0.25) is 11.3 Å². The average molecular weight is 426 g/mol. The van der Waals surface area contributed by atoms with Crippen LogP contribution in [0.25, 0.3) is 10.9 Å². The van der Waals surface area contributed by atoms with Gasteiger partial charge in [-0.15, -0.1) is 0 Å². The second-order valence-corrected chi connectivity index (χ2v) is 7.22. The summed E-state index contributed by atoms with van der Waals surface area (Å²) < 4.78 is 7.05. The smallest absolute Gasteiger partial charge is 0.244 e. The zero-order valence-electron chi connectivity index (χ0n) is 17.6. The summed E-state index contributed by atoms with van der Waals surface area (Å²) in [4.78, 5) is 38.8. The Morgan fingerprint density at radius 3 is 2.31 bits per heavy atom. The molecule has 1 aromatic heterocycles. The van der Waals surface area contributed by atoms with Crippen molar-refractivity contribution in [2.75, 3.05) is 11.9 Å². The van der Waals surface area contributed by atoms with Gasteiger partial charge in [-0.1, -0.05) is 42.5 Å². The van der Waals surface area contributed by atoms with E-state index in [-0.39, 0.29) is 29.2 Å². The number of benzene rings is 3. The number of nitrogens with one attached hydrogen (secondary N) is 1. The van der Waals surface area contributed by atoms with Crippen molar-refractivity contribution in [2.45, 2.75) is 13.5 Å². The van der Waals surface area contributed by atoms with Crippen LogP contribution in [0.5, 0.6) is 5.75 Å². The Morgan fingerprint density at radius 2 is 1.59 bits per heavy atom. The number of amides is 1. The molecule has 0 aliphatic rings. The summed E-state index contributed by atoms with van der Waals surface area (Å²) in [6, 6.07) is 22.7. The molecule has 0 fully saturated rings. The van der Waals surface area contributed by atoms with Crippen LogP contribution in [0.1, 0.15) is 22.8 Å². The molecule has 0 unspecified atom stereocenters. The van der Waals surface area contributed by atoms with Gasteiger partial charge in [0.1, 0.15) is 12.3 Å². The number of pyridine rings is 1. The molecule has 3 aromatic carbocycles. The third-order valence-electron chi connectivity index (χ3n) is 5.03. The second kappa shape index (κ2) is 9.31. The molecule has 6 nitrogen and oxygen atoms in total. The number of aromatic nitrogens is 1. The van der Waals surface area contributed by atoms with Crippen molar-refractivity contribution >= 4 is 28.3 Å². The molecular formula is C26H22N2O4. The molecule has 4 rings (SSSR count). The molecule has 1 N–H and O–H groups in total. The predicted molar refractivity (Wildman–Crippen MR) is 124 cm³/mol.